The van der Waals surface area contributed by atoms with Gasteiger partial charge in [0, 0.05) is 17.5 Å². The second-order valence-corrected chi connectivity index (χ2v) is 4.70. The van der Waals surface area contributed by atoms with Crippen molar-refractivity contribution in [3.8, 4) is 0 Å². The standard InChI is InChI=1S/C13H19ClN2O.ClH/c1-3-12(16-13(17)8-9(2)15)10-4-6-11(14)7-5-10;/h4-7,9,12H,3,8,15H2,1-2H3,(H,16,17);1H. The summed E-state index contributed by atoms with van der Waals surface area (Å²) >= 11 is 5.83. The van der Waals surface area contributed by atoms with E-state index in [-0.39, 0.29) is 30.4 Å². The first-order valence-corrected chi connectivity index (χ1v) is 6.21. The molecule has 0 aliphatic rings. The number of carbonyl (C=O) groups is 1. The maximum absolute atomic E-state index is 11.6. The van der Waals surface area contributed by atoms with Gasteiger partial charge < -0.3 is 11.1 Å². The SMILES string of the molecule is CCC(NC(=O)CC(C)N)c1ccc(Cl)cc1.Cl. The highest BCUT2D eigenvalue weighted by Crippen LogP contribution is 2.19. The number of amides is 1. The monoisotopic (exact) mass is 290 g/mol. The average Bonchev–Trinajstić information content (AvgIpc) is 2.26. The topological polar surface area (TPSA) is 55.1 Å². The first kappa shape index (κ1) is 17.2. The fourth-order valence-electron chi connectivity index (χ4n) is 1.66. The number of nitrogens with two attached hydrogens (primary N) is 1. The second-order valence-electron chi connectivity index (χ2n) is 4.26. The zero-order valence-corrected chi connectivity index (χ0v) is 12.2. The summed E-state index contributed by atoms with van der Waals surface area (Å²) < 4.78 is 0. The Bertz CT molecular complexity index is 366. The summed E-state index contributed by atoms with van der Waals surface area (Å²) in [6, 6.07) is 7.44. The molecule has 2 unspecified atom stereocenters. The number of hydrogen-bond acceptors (Lipinski definition) is 2. The molecular weight excluding hydrogens is 271 g/mol. The van der Waals surface area contributed by atoms with Crippen molar-refractivity contribution in [1.82, 2.24) is 5.32 Å². The van der Waals surface area contributed by atoms with Gasteiger partial charge in [-0.3, -0.25) is 4.79 Å². The van der Waals surface area contributed by atoms with Crippen molar-refractivity contribution in [2.24, 2.45) is 5.73 Å². The minimum Gasteiger partial charge on any atom is -0.349 e. The predicted octanol–water partition coefficient (Wildman–Crippen LogP) is 3.07. The molecule has 2 atom stereocenters. The molecule has 1 amide bonds. The van der Waals surface area contributed by atoms with Gasteiger partial charge in [-0.1, -0.05) is 30.7 Å². The van der Waals surface area contributed by atoms with E-state index in [1.807, 2.05) is 38.1 Å². The lowest BCUT2D eigenvalue weighted by atomic mass is 10.0. The van der Waals surface area contributed by atoms with Gasteiger partial charge in [-0.25, -0.2) is 0 Å². The maximum Gasteiger partial charge on any atom is 0.222 e. The molecule has 0 aliphatic carbocycles. The largest absolute Gasteiger partial charge is 0.349 e. The summed E-state index contributed by atoms with van der Waals surface area (Å²) in [5, 5.41) is 3.67. The molecule has 0 aromatic heterocycles. The first-order valence-electron chi connectivity index (χ1n) is 5.83. The minimum absolute atomic E-state index is 0. The lowest BCUT2D eigenvalue weighted by molar-refractivity contribution is -0.122. The molecule has 102 valence electrons. The van der Waals surface area contributed by atoms with Crippen LogP contribution in [0, 0.1) is 0 Å². The Hall–Kier alpha value is -0.770. The van der Waals surface area contributed by atoms with Crippen LogP contribution in [0.2, 0.25) is 5.02 Å². The molecule has 0 heterocycles. The van der Waals surface area contributed by atoms with Crippen LogP contribution >= 0.6 is 24.0 Å². The van der Waals surface area contributed by atoms with Crippen molar-refractivity contribution in [2.45, 2.75) is 38.8 Å². The lowest BCUT2D eigenvalue weighted by Gasteiger charge is -2.18. The van der Waals surface area contributed by atoms with E-state index in [9.17, 15) is 4.79 Å². The fourth-order valence-corrected chi connectivity index (χ4v) is 1.79. The van der Waals surface area contributed by atoms with Gasteiger partial charge in [-0.2, -0.15) is 0 Å². The number of nitrogens with one attached hydrogen (secondary N) is 1. The van der Waals surface area contributed by atoms with Crippen molar-refractivity contribution in [3.63, 3.8) is 0 Å². The summed E-state index contributed by atoms with van der Waals surface area (Å²) in [6.45, 7) is 3.86. The maximum atomic E-state index is 11.6. The molecule has 5 heteroatoms. The molecule has 0 fully saturated rings. The molecule has 3 nitrogen and oxygen atoms in total. The summed E-state index contributed by atoms with van der Waals surface area (Å²) in [5.41, 5.74) is 6.66. The third kappa shape index (κ3) is 5.71. The number of carbonyl (C=O) groups excluding carboxylic acids is 1. The number of halogens is 2. The molecule has 0 saturated heterocycles. The third-order valence-corrected chi connectivity index (χ3v) is 2.78. The molecule has 1 aromatic rings. The Labute approximate surface area is 119 Å². The molecule has 0 aliphatic heterocycles. The predicted molar refractivity (Wildman–Crippen MR) is 78.1 cm³/mol. The summed E-state index contributed by atoms with van der Waals surface area (Å²) in [7, 11) is 0. The molecular formula is C13H20Cl2N2O. The van der Waals surface area contributed by atoms with Crippen molar-refractivity contribution >= 4 is 29.9 Å². The smallest absolute Gasteiger partial charge is 0.222 e. The van der Waals surface area contributed by atoms with Crippen molar-refractivity contribution in [3.05, 3.63) is 34.9 Å². The Kier molecular flexibility index (Phi) is 8.00. The second kappa shape index (κ2) is 8.35. The quantitative estimate of drug-likeness (QED) is 0.876. The van der Waals surface area contributed by atoms with Gasteiger partial charge in [0.15, 0.2) is 0 Å². The van der Waals surface area contributed by atoms with Gasteiger partial charge in [0.1, 0.15) is 0 Å². The lowest BCUT2D eigenvalue weighted by Crippen LogP contribution is -2.32. The summed E-state index contributed by atoms with van der Waals surface area (Å²) in [4.78, 5) is 11.6. The molecule has 0 saturated carbocycles. The zero-order valence-electron chi connectivity index (χ0n) is 10.7. The number of hydrogen-bond donors (Lipinski definition) is 2. The summed E-state index contributed by atoms with van der Waals surface area (Å²) in [5.74, 6) is -0.0122. The van der Waals surface area contributed by atoms with Crippen LogP contribution in [0.1, 0.15) is 38.3 Å². The highest BCUT2D eigenvalue weighted by atomic mass is 35.5. The van der Waals surface area contributed by atoms with Crippen LogP contribution in [0.4, 0.5) is 0 Å². The molecule has 18 heavy (non-hydrogen) atoms. The Morgan fingerprint density at radius 3 is 2.39 bits per heavy atom. The average molecular weight is 291 g/mol. The van der Waals surface area contributed by atoms with E-state index in [4.69, 9.17) is 17.3 Å². The van der Waals surface area contributed by atoms with E-state index in [0.29, 0.717) is 11.4 Å². The van der Waals surface area contributed by atoms with Crippen molar-refractivity contribution in [1.29, 1.82) is 0 Å². The Morgan fingerprint density at radius 1 is 1.39 bits per heavy atom. The molecule has 0 radical (unpaired) electrons. The van der Waals surface area contributed by atoms with E-state index < -0.39 is 0 Å². The van der Waals surface area contributed by atoms with Crippen LogP contribution in [0.5, 0.6) is 0 Å². The molecule has 0 bridgehead atoms. The zero-order chi connectivity index (χ0) is 12.8. The van der Waals surface area contributed by atoms with Crippen molar-refractivity contribution < 1.29 is 4.79 Å². The van der Waals surface area contributed by atoms with Gasteiger partial charge in [0.05, 0.1) is 6.04 Å². The molecule has 1 aromatic carbocycles. The van der Waals surface area contributed by atoms with Gasteiger partial charge in [-0.05, 0) is 31.0 Å². The van der Waals surface area contributed by atoms with Crippen LogP contribution < -0.4 is 11.1 Å². The van der Waals surface area contributed by atoms with E-state index in [2.05, 4.69) is 5.32 Å². The summed E-state index contributed by atoms with van der Waals surface area (Å²) in [6.07, 6.45) is 1.19. The fraction of sp³-hybridized carbons (Fsp3) is 0.462. The van der Waals surface area contributed by atoms with Gasteiger partial charge in [0.2, 0.25) is 5.91 Å². The van der Waals surface area contributed by atoms with Gasteiger partial charge >= 0.3 is 0 Å². The van der Waals surface area contributed by atoms with Gasteiger partial charge in [0.25, 0.3) is 0 Å². The molecule has 1 rings (SSSR count). The van der Waals surface area contributed by atoms with E-state index in [1.165, 1.54) is 0 Å². The highest BCUT2D eigenvalue weighted by Gasteiger charge is 2.13. The third-order valence-electron chi connectivity index (χ3n) is 2.52. The van der Waals surface area contributed by atoms with E-state index in [1.54, 1.807) is 0 Å². The van der Waals surface area contributed by atoms with Crippen LogP contribution in [-0.4, -0.2) is 11.9 Å². The van der Waals surface area contributed by atoms with Crippen LogP contribution in [0.25, 0.3) is 0 Å². The van der Waals surface area contributed by atoms with Gasteiger partial charge in [-0.15, -0.1) is 12.4 Å². The van der Waals surface area contributed by atoms with Crippen LogP contribution in [-0.2, 0) is 4.79 Å². The molecule has 0 spiro atoms. The van der Waals surface area contributed by atoms with Crippen LogP contribution in [0.3, 0.4) is 0 Å². The van der Waals surface area contributed by atoms with E-state index >= 15 is 0 Å². The highest BCUT2D eigenvalue weighted by molar-refractivity contribution is 6.30. The minimum atomic E-state index is -0.113. The number of rotatable bonds is 5. The normalized spacial score (nSPS) is 13.3. The Balaban J connectivity index is 0.00000289. The Morgan fingerprint density at radius 2 is 1.94 bits per heavy atom. The van der Waals surface area contributed by atoms with Crippen molar-refractivity contribution in [2.75, 3.05) is 0 Å². The van der Waals surface area contributed by atoms with Crippen LogP contribution in [0.15, 0.2) is 24.3 Å². The molecule has 3 N–H and O–H groups in total. The van der Waals surface area contributed by atoms with E-state index in [0.717, 1.165) is 12.0 Å². The first-order chi connectivity index (χ1) is 8.02. The number of benzene rings is 1.